The molecule has 0 saturated carbocycles. The van der Waals surface area contributed by atoms with E-state index in [1.165, 1.54) is 4.90 Å². The van der Waals surface area contributed by atoms with Gasteiger partial charge >= 0.3 is 0 Å². The highest BCUT2D eigenvalue weighted by atomic mass is 79.9. The van der Waals surface area contributed by atoms with E-state index in [4.69, 9.17) is 34.8 Å². The lowest BCUT2D eigenvalue weighted by Crippen LogP contribution is -2.41. The number of amides is 1. The van der Waals surface area contributed by atoms with E-state index >= 15 is 0 Å². The number of benzene rings is 2. The lowest BCUT2D eigenvalue weighted by molar-refractivity contribution is -0.123. The largest absolute Gasteiger partial charge is 0.285 e. The van der Waals surface area contributed by atoms with Gasteiger partial charge < -0.3 is 0 Å². The van der Waals surface area contributed by atoms with E-state index in [1.807, 2.05) is 31.2 Å². The number of carbonyl (C=O) groups excluding carboxylic acids is 1. The third-order valence-corrected chi connectivity index (χ3v) is 5.86. The van der Waals surface area contributed by atoms with Crippen LogP contribution < -0.4 is 4.90 Å². The second-order valence-corrected chi connectivity index (χ2v) is 8.74. The third kappa shape index (κ3) is 3.17. The molecule has 27 heavy (non-hydrogen) atoms. The van der Waals surface area contributed by atoms with Crippen LogP contribution >= 0.6 is 50.7 Å². The Hall–Kier alpha value is -1.53. The van der Waals surface area contributed by atoms with Gasteiger partial charge in [-0.05, 0) is 42.8 Å². The first kappa shape index (κ1) is 18.8. The first-order chi connectivity index (χ1) is 12.8. The topological polar surface area (TPSA) is 38.1 Å². The van der Waals surface area contributed by atoms with Crippen molar-refractivity contribution in [2.75, 3.05) is 4.90 Å². The number of anilines is 2. The highest BCUT2D eigenvalue weighted by molar-refractivity contribution is 9.10. The van der Waals surface area contributed by atoms with Gasteiger partial charge in [-0.3, -0.25) is 9.36 Å². The van der Waals surface area contributed by atoms with Crippen molar-refractivity contribution >= 4 is 68.3 Å². The van der Waals surface area contributed by atoms with Crippen LogP contribution in [0.2, 0.25) is 15.2 Å². The van der Waals surface area contributed by atoms with Gasteiger partial charge in [0.1, 0.15) is 10.7 Å². The maximum Gasteiger partial charge on any atom is 0.260 e. The summed E-state index contributed by atoms with van der Waals surface area (Å²) in [5, 5.41) is 1.28. The molecule has 3 aromatic rings. The Kier molecular flexibility index (Phi) is 4.75. The monoisotopic (exact) mass is 483 g/mol. The van der Waals surface area contributed by atoms with E-state index in [0.717, 1.165) is 10.0 Å². The van der Waals surface area contributed by atoms with Crippen LogP contribution in [0.4, 0.5) is 11.6 Å². The quantitative estimate of drug-likeness (QED) is 0.440. The Balaban J connectivity index is 1.83. The molecule has 1 aromatic heterocycles. The SMILES string of the molecule is CC1(Cc2ccc(Br)cc2)C(=O)N(c2cc(Cl)cc(Cl)c2)c2ncc(Cl)n21. The summed E-state index contributed by atoms with van der Waals surface area (Å²) in [6, 6.07) is 12.8. The van der Waals surface area contributed by atoms with Crippen LogP contribution in [0, 0.1) is 0 Å². The minimum absolute atomic E-state index is 0.145. The predicted molar refractivity (Wildman–Crippen MR) is 112 cm³/mol. The zero-order chi connectivity index (χ0) is 19.3. The van der Waals surface area contributed by atoms with Gasteiger partial charge in [-0.15, -0.1) is 0 Å². The molecule has 4 nitrogen and oxygen atoms in total. The first-order valence-corrected chi connectivity index (χ1v) is 10.0. The lowest BCUT2D eigenvalue weighted by Gasteiger charge is -2.25. The summed E-state index contributed by atoms with van der Waals surface area (Å²) in [7, 11) is 0. The van der Waals surface area contributed by atoms with Crippen LogP contribution in [0.1, 0.15) is 12.5 Å². The maximum absolute atomic E-state index is 13.5. The molecule has 0 fully saturated rings. The van der Waals surface area contributed by atoms with E-state index in [1.54, 1.807) is 29.0 Å². The molecule has 0 N–H and O–H groups in total. The molecule has 1 unspecified atom stereocenters. The number of carbonyl (C=O) groups is 1. The molecule has 138 valence electrons. The molecule has 1 atom stereocenters. The number of fused-ring (bicyclic) bond motifs is 1. The molecule has 0 bridgehead atoms. The van der Waals surface area contributed by atoms with Crippen LogP contribution in [0.3, 0.4) is 0 Å². The lowest BCUT2D eigenvalue weighted by atomic mass is 9.92. The number of nitrogens with zero attached hydrogens (tertiary/aromatic N) is 3. The third-order valence-electron chi connectivity index (χ3n) is 4.62. The summed E-state index contributed by atoms with van der Waals surface area (Å²) < 4.78 is 2.74. The van der Waals surface area contributed by atoms with E-state index in [2.05, 4.69) is 20.9 Å². The molecule has 1 aliphatic heterocycles. The molecule has 2 aromatic carbocycles. The van der Waals surface area contributed by atoms with Crippen LogP contribution in [-0.2, 0) is 16.8 Å². The van der Waals surface area contributed by atoms with Gasteiger partial charge in [0.05, 0.1) is 11.9 Å². The molecule has 1 aliphatic rings. The highest BCUT2D eigenvalue weighted by Crippen LogP contribution is 2.44. The predicted octanol–water partition coefficient (Wildman–Crippen LogP) is 6.24. The van der Waals surface area contributed by atoms with Gasteiger partial charge in [0.2, 0.25) is 5.95 Å². The Morgan fingerprint density at radius 1 is 1.07 bits per heavy atom. The van der Waals surface area contributed by atoms with Crippen LogP contribution in [0.5, 0.6) is 0 Å². The summed E-state index contributed by atoms with van der Waals surface area (Å²) in [4.78, 5) is 19.4. The molecule has 0 spiro atoms. The molecular formula is C19H13BrCl3N3O. The normalized spacial score (nSPS) is 18.9. The summed E-state index contributed by atoms with van der Waals surface area (Å²) in [6.07, 6.45) is 2.01. The Morgan fingerprint density at radius 2 is 1.70 bits per heavy atom. The summed E-state index contributed by atoms with van der Waals surface area (Å²) in [5.41, 5.74) is 0.641. The van der Waals surface area contributed by atoms with Gasteiger partial charge in [0, 0.05) is 20.9 Å². The average molecular weight is 486 g/mol. The molecular weight excluding hydrogens is 472 g/mol. The fourth-order valence-corrected chi connectivity index (χ4v) is 4.51. The van der Waals surface area contributed by atoms with Crippen molar-refractivity contribution in [2.45, 2.75) is 18.9 Å². The zero-order valence-electron chi connectivity index (χ0n) is 14.1. The van der Waals surface area contributed by atoms with Crippen molar-refractivity contribution in [2.24, 2.45) is 0 Å². The Bertz CT molecular complexity index is 1030. The number of imidazole rings is 1. The maximum atomic E-state index is 13.5. The van der Waals surface area contributed by atoms with Crippen molar-refractivity contribution in [1.29, 1.82) is 0 Å². The second kappa shape index (κ2) is 6.82. The molecule has 8 heteroatoms. The van der Waals surface area contributed by atoms with Gasteiger partial charge in [0.25, 0.3) is 5.91 Å². The summed E-state index contributed by atoms with van der Waals surface area (Å²) in [5.74, 6) is 0.302. The van der Waals surface area contributed by atoms with Crippen molar-refractivity contribution in [3.05, 3.63) is 73.9 Å². The Labute approximate surface area is 179 Å². The molecule has 2 heterocycles. The molecule has 1 amide bonds. The van der Waals surface area contributed by atoms with Crippen LogP contribution in [0.25, 0.3) is 0 Å². The van der Waals surface area contributed by atoms with Crippen molar-refractivity contribution in [1.82, 2.24) is 9.55 Å². The fraction of sp³-hybridized carbons (Fsp3) is 0.158. The van der Waals surface area contributed by atoms with Crippen molar-refractivity contribution in [3.63, 3.8) is 0 Å². The smallest absolute Gasteiger partial charge is 0.260 e. The Morgan fingerprint density at radius 3 is 2.33 bits per heavy atom. The highest BCUT2D eigenvalue weighted by Gasteiger charge is 2.50. The van der Waals surface area contributed by atoms with Crippen molar-refractivity contribution in [3.8, 4) is 0 Å². The zero-order valence-corrected chi connectivity index (χ0v) is 17.9. The van der Waals surface area contributed by atoms with E-state index in [9.17, 15) is 4.79 Å². The van der Waals surface area contributed by atoms with Gasteiger partial charge in [-0.25, -0.2) is 9.88 Å². The number of hydrogen-bond donors (Lipinski definition) is 0. The molecule has 0 saturated heterocycles. The van der Waals surface area contributed by atoms with E-state index < -0.39 is 5.54 Å². The minimum Gasteiger partial charge on any atom is -0.285 e. The van der Waals surface area contributed by atoms with Gasteiger partial charge in [-0.2, -0.15) is 0 Å². The fourth-order valence-electron chi connectivity index (χ4n) is 3.42. The van der Waals surface area contributed by atoms with Gasteiger partial charge in [0.15, 0.2) is 0 Å². The molecule has 0 radical (unpaired) electrons. The number of aromatic nitrogens is 2. The first-order valence-electron chi connectivity index (χ1n) is 8.08. The number of rotatable bonds is 3. The van der Waals surface area contributed by atoms with E-state index in [-0.39, 0.29) is 5.91 Å². The number of hydrogen-bond acceptors (Lipinski definition) is 2. The van der Waals surface area contributed by atoms with Crippen LogP contribution in [0.15, 0.2) is 53.1 Å². The second-order valence-electron chi connectivity index (χ2n) is 6.56. The van der Waals surface area contributed by atoms with E-state index in [0.29, 0.717) is 33.3 Å². The van der Waals surface area contributed by atoms with Crippen molar-refractivity contribution < 1.29 is 4.79 Å². The summed E-state index contributed by atoms with van der Waals surface area (Å²) in [6.45, 7) is 1.86. The molecule has 4 rings (SSSR count). The molecule has 0 aliphatic carbocycles. The van der Waals surface area contributed by atoms with Crippen LogP contribution in [-0.4, -0.2) is 15.5 Å². The number of halogens is 4. The standard InChI is InChI=1S/C19H13BrCl3N3O/c1-19(9-11-2-4-12(20)5-3-11)17(27)25(18-24-10-16(23)26(18)19)15-7-13(21)6-14(22)8-15/h2-8,10H,9H2,1H3. The average Bonchev–Trinajstić information content (AvgIpc) is 3.07. The minimum atomic E-state index is -0.925. The summed E-state index contributed by atoms with van der Waals surface area (Å²) >= 11 is 22.1. The van der Waals surface area contributed by atoms with Gasteiger partial charge in [-0.1, -0.05) is 62.9 Å².